The quantitative estimate of drug-likeness (QED) is 0.547. The second-order valence-corrected chi connectivity index (χ2v) is 5.64. The van der Waals surface area contributed by atoms with E-state index >= 15 is 0 Å². The number of rotatable bonds is 3. The summed E-state index contributed by atoms with van der Waals surface area (Å²) in [5.41, 5.74) is 0.659. The fourth-order valence-corrected chi connectivity index (χ4v) is 2.67. The maximum absolute atomic E-state index is 12.8. The zero-order valence-electron chi connectivity index (χ0n) is 13.5. The van der Waals surface area contributed by atoms with Crippen LogP contribution >= 0.6 is 0 Å². The van der Waals surface area contributed by atoms with Crippen molar-refractivity contribution in [3.05, 3.63) is 66.7 Å². The van der Waals surface area contributed by atoms with Gasteiger partial charge in [-0.1, -0.05) is 6.07 Å². The molecule has 8 heteroatoms. The molecule has 131 valence electrons. The maximum atomic E-state index is 12.8. The Bertz CT molecular complexity index is 1080. The standard InChI is InChI=1S/C18H12F3N4O/c1-24-11-12(10-22-24)25-9-8-13-14(25)4-2-5-15(13)26-17-7-3-6-16(23-17)18(19,20)21/h2,4-11H,1H3. The average Bonchev–Trinajstić information content (AvgIpc) is 3.21. The van der Waals surface area contributed by atoms with E-state index in [1.54, 1.807) is 23.0 Å². The van der Waals surface area contributed by atoms with Crippen LogP contribution in [0.5, 0.6) is 11.6 Å². The van der Waals surface area contributed by atoms with Crippen molar-refractivity contribution in [1.29, 1.82) is 0 Å². The van der Waals surface area contributed by atoms with Gasteiger partial charge in [0.2, 0.25) is 5.88 Å². The number of benzene rings is 1. The molecule has 3 aromatic heterocycles. The van der Waals surface area contributed by atoms with Gasteiger partial charge < -0.3 is 9.30 Å². The summed E-state index contributed by atoms with van der Waals surface area (Å²) in [6.07, 6.45) is 0.873. The highest BCUT2D eigenvalue weighted by atomic mass is 19.4. The van der Waals surface area contributed by atoms with Gasteiger partial charge in [0, 0.05) is 30.9 Å². The van der Waals surface area contributed by atoms with Gasteiger partial charge in [0.05, 0.1) is 17.4 Å². The van der Waals surface area contributed by atoms with Crippen molar-refractivity contribution >= 4 is 10.9 Å². The largest absolute Gasteiger partial charge is 0.438 e. The first-order valence-corrected chi connectivity index (χ1v) is 7.64. The molecule has 0 saturated heterocycles. The second kappa shape index (κ2) is 5.91. The van der Waals surface area contributed by atoms with Crippen molar-refractivity contribution in [2.24, 2.45) is 7.05 Å². The number of alkyl halides is 3. The Morgan fingerprint density at radius 1 is 1.15 bits per heavy atom. The van der Waals surface area contributed by atoms with Gasteiger partial charge in [-0.05, 0) is 30.3 Å². The van der Waals surface area contributed by atoms with Gasteiger partial charge in [0.1, 0.15) is 11.4 Å². The summed E-state index contributed by atoms with van der Waals surface area (Å²) in [6, 6.07) is 11.6. The summed E-state index contributed by atoms with van der Waals surface area (Å²) in [7, 11) is 1.82. The van der Waals surface area contributed by atoms with Gasteiger partial charge >= 0.3 is 6.18 Å². The highest BCUT2D eigenvalue weighted by Crippen LogP contribution is 2.33. The van der Waals surface area contributed by atoms with Crippen molar-refractivity contribution in [2.45, 2.75) is 6.18 Å². The summed E-state index contributed by atoms with van der Waals surface area (Å²) in [5.74, 6) is 0.242. The van der Waals surface area contributed by atoms with Crippen molar-refractivity contribution in [3.63, 3.8) is 0 Å². The third kappa shape index (κ3) is 2.90. The van der Waals surface area contributed by atoms with Crippen molar-refractivity contribution in [3.8, 4) is 17.3 Å². The normalized spacial score (nSPS) is 11.8. The molecule has 0 aliphatic carbocycles. The lowest BCUT2D eigenvalue weighted by atomic mass is 10.2. The van der Waals surface area contributed by atoms with E-state index in [4.69, 9.17) is 4.74 Å². The molecule has 0 N–H and O–H groups in total. The molecule has 0 atom stereocenters. The predicted octanol–water partition coefficient (Wildman–Crippen LogP) is 4.37. The van der Waals surface area contributed by atoms with Crippen LogP contribution in [0.1, 0.15) is 5.69 Å². The number of aryl methyl sites for hydroxylation is 1. The average molecular weight is 357 g/mol. The summed E-state index contributed by atoms with van der Waals surface area (Å²) < 4.78 is 47.6. The number of aromatic nitrogens is 4. The van der Waals surface area contributed by atoms with Crippen LogP contribution in [-0.4, -0.2) is 19.3 Å². The van der Waals surface area contributed by atoms with Crippen LogP contribution in [0.15, 0.2) is 55.0 Å². The van der Waals surface area contributed by atoms with Crippen LogP contribution in [0.4, 0.5) is 13.2 Å². The molecule has 0 spiro atoms. The maximum Gasteiger partial charge on any atom is 0.433 e. The van der Waals surface area contributed by atoms with Crippen LogP contribution in [0.2, 0.25) is 0 Å². The smallest absolute Gasteiger partial charge is 0.433 e. The molecule has 4 rings (SSSR count). The molecule has 26 heavy (non-hydrogen) atoms. The molecule has 3 heterocycles. The minimum atomic E-state index is -4.55. The Hall–Kier alpha value is -3.29. The Morgan fingerprint density at radius 2 is 2.00 bits per heavy atom. The molecule has 0 bridgehead atoms. The summed E-state index contributed by atoms with van der Waals surface area (Å²) in [5, 5.41) is 4.89. The van der Waals surface area contributed by atoms with E-state index in [2.05, 4.69) is 16.1 Å². The van der Waals surface area contributed by atoms with Gasteiger partial charge in [0.15, 0.2) is 0 Å². The minimum Gasteiger partial charge on any atom is -0.438 e. The highest BCUT2D eigenvalue weighted by Gasteiger charge is 2.32. The van der Waals surface area contributed by atoms with Gasteiger partial charge in [0.25, 0.3) is 0 Å². The van der Waals surface area contributed by atoms with Crippen LogP contribution in [0, 0.1) is 6.07 Å². The van der Waals surface area contributed by atoms with Crippen LogP contribution in [0.25, 0.3) is 16.6 Å². The number of fused-ring (bicyclic) bond motifs is 1. The predicted molar refractivity (Wildman–Crippen MR) is 88.2 cm³/mol. The lowest BCUT2D eigenvalue weighted by Crippen LogP contribution is -2.08. The first-order valence-electron chi connectivity index (χ1n) is 7.64. The van der Waals surface area contributed by atoms with E-state index in [-0.39, 0.29) is 5.88 Å². The number of pyridine rings is 1. The molecular weight excluding hydrogens is 345 g/mol. The van der Waals surface area contributed by atoms with Crippen molar-refractivity contribution < 1.29 is 17.9 Å². The van der Waals surface area contributed by atoms with Crippen LogP contribution in [-0.2, 0) is 13.2 Å². The van der Waals surface area contributed by atoms with Crippen LogP contribution in [0.3, 0.4) is 0 Å². The van der Waals surface area contributed by atoms with Crippen molar-refractivity contribution in [2.75, 3.05) is 0 Å². The molecule has 0 amide bonds. The molecule has 5 nitrogen and oxygen atoms in total. The molecule has 0 fully saturated rings. The molecule has 1 aromatic carbocycles. The number of hydrogen-bond acceptors (Lipinski definition) is 3. The Labute approximate surface area is 146 Å². The second-order valence-electron chi connectivity index (χ2n) is 5.64. The van der Waals surface area contributed by atoms with Gasteiger partial charge in [-0.2, -0.15) is 18.3 Å². The topological polar surface area (TPSA) is 44.9 Å². The van der Waals surface area contributed by atoms with Crippen LogP contribution < -0.4 is 4.74 Å². The summed E-state index contributed by atoms with van der Waals surface area (Å²) >= 11 is 0. The monoisotopic (exact) mass is 357 g/mol. The molecule has 1 radical (unpaired) electrons. The number of nitrogens with zero attached hydrogens (tertiary/aromatic N) is 4. The first-order chi connectivity index (χ1) is 12.4. The van der Waals surface area contributed by atoms with Gasteiger partial charge in [-0.25, -0.2) is 4.98 Å². The molecular formula is C18H12F3N4O. The Balaban J connectivity index is 1.73. The van der Waals surface area contributed by atoms with E-state index in [9.17, 15) is 13.2 Å². The molecule has 0 saturated carbocycles. The zero-order valence-corrected chi connectivity index (χ0v) is 13.5. The number of halogens is 3. The van der Waals surface area contributed by atoms with Gasteiger partial charge in [-0.3, -0.25) is 4.68 Å². The van der Waals surface area contributed by atoms with E-state index in [1.807, 2.05) is 36.1 Å². The minimum absolute atomic E-state index is 0.165. The summed E-state index contributed by atoms with van der Waals surface area (Å²) in [4.78, 5) is 3.52. The highest BCUT2D eigenvalue weighted by molar-refractivity contribution is 5.88. The number of hydrogen-bond donors (Lipinski definition) is 0. The third-order valence-electron chi connectivity index (χ3n) is 3.82. The fraction of sp³-hybridized carbons (Fsp3) is 0.111. The van der Waals surface area contributed by atoms with E-state index in [0.29, 0.717) is 5.75 Å². The summed E-state index contributed by atoms with van der Waals surface area (Å²) in [6.45, 7) is 0. The van der Waals surface area contributed by atoms with E-state index in [1.165, 1.54) is 6.07 Å². The van der Waals surface area contributed by atoms with Gasteiger partial charge in [-0.15, -0.1) is 0 Å². The lowest BCUT2D eigenvalue weighted by Gasteiger charge is -2.10. The fourth-order valence-electron chi connectivity index (χ4n) is 2.67. The molecule has 0 aliphatic rings. The lowest BCUT2D eigenvalue weighted by molar-refractivity contribution is -0.141. The van der Waals surface area contributed by atoms with Crippen molar-refractivity contribution in [1.82, 2.24) is 19.3 Å². The SMILES string of the molecule is Cn1cc(-n2ccc3c(Oc4c[c]cc(C(F)(F)F)n4)cccc32)cn1. The van der Waals surface area contributed by atoms with E-state index in [0.717, 1.165) is 22.7 Å². The molecule has 0 unspecified atom stereocenters. The Kier molecular flexibility index (Phi) is 3.68. The third-order valence-corrected chi connectivity index (χ3v) is 3.82. The number of ether oxygens (including phenoxy) is 1. The Morgan fingerprint density at radius 3 is 2.73 bits per heavy atom. The zero-order chi connectivity index (χ0) is 18.3. The molecule has 4 aromatic rings. The van der Waals surface area contributed by atoms with E-state index < -0.39 is 11.9 Å². The first kappa shape index (κ1) is 16.2. The molecule has 0 aliphatic heterocycles.